The van der Waals surface area contributed by atoms with Gasteiger partial charge in [-0.15, -0.1) is 11.3 Å². The van der Waals surface area contributed by atoms with Crippen LogP contribution in [0.4, 0.5) is 0 Å². The molecule has 0 saturated carbocycles. The van der Waals surface area contributed by atoms with Crippen LogP contribution in [0, 0.1) is 19.3 Å². The van der Waals surface area contributed by atoms with E-state index in [9.17, 15) is 9.59 Å². The van der Waals surface area contributed by atoms with Gasteiger partial charge in [-0.3, -0.25) is 9.59 Å². The number of carbonyl (C=O) groups excluding carboxylic acids is 2. The third kappa shape index (κ3) is 3.61. The summed E-state index contributed by atoms with van der Waals surface area (Å²) in [5.74, 6) is 1.21. The van der Waals surface area contributed by atoms with E-state index in [1.807, 2.05) is 22.6 Å². The van der Waals surface area contributed by atoms with Gasteiger partial charge >= 0.3 is 0 Å². The molecule has 0 spiro atoms. The molecule has 4 rings (SSSR count). The molecule has 4 heterocycles. The molecule has 2 amide bonds. The topological polar surface area (TPSA) is 67.2 Å². The monoisotopic (exact) mass is 414 g/mol. The number of fused-ring (bicyclic) bond motifs is 2. The first-order valence-electron chi connectivity index (χ1n) is 10.6. The predicted molar refractivity (Wildman–Crippen MR) is 113 cm³/mol. The maximum Gasteiger partial charge on any atom is 0.228 e. The maximum absolute atomic E-state index is 13.3. The number of hydrogen-bond donors (Lipinski definition) is 1. The first kappa shape index (κ1) is 20.1. The Morgan fingerprint density at radius 2 is 2.14 bits per heavy atom. The van der Waals surface area contributed by atoms with Crippen molar-refractivity contribution in [2.75, 3.05) is 0 Å². The van der Waals surface area contributed by atoms with Gasteiger partial charge in [0.25, 0.3) is 0 Å². The van der Waals surface area contributed by atoms with Crippen LogP contribution in [-0.4, -0.2) is 38.3 Å². The summed E-state index contributed by atoms with van der Waals surface area (Å²) in [4.78, 5) is 35.1. The lowest BCUT2D eigenvalue weighted by molar-refractivity contribution is -0.137. The van der Waals surface area contributed by atoms with E-state index in [4.69, 9.17) is 0 Å². The zero-order valence-corrected chi connectivity index (χ0v) is 18.3. The molecule has 2 saturated heterocycles. The highest BCUT2D eigenvalue weighted by atomic mass is 32.1. The molecule has 2 bridgehead atoms. The summed E-state index contributed by atoms with van der Waals surface area (Å²) in [5, 5.41) is 3.17. The molecular weight excluding hydrogens is 384 g/mol. The number of nitrogens with one attached hydrogen (secondary N) is 1. The highest BCUT2D eigenvalue weighted by molar-refractivity contribution is 7.11. The first-order chi connectivity index (χ1) is 13.9. The lowest BCUT2D eigenvalue weighted by atomic mass is 9.71. The first-order valence-corrected chi connectivity index (χ1v) is 11.4. The Kier molecular flexibility index (Phi) is 5.51. The summed E-state index contributed by atoms with van der Waals surface area (Å²) in [7, 11) is 0. The number of aryl methyl sites for hydroxylation is 3. The Morgan fingerprint density at radius 3 is 2.79 bits per heavy atom. The van der Waals surface area contributed by atoms with Crippen molar-refractivity contribution in [1.29, 1.82) is 0 Å². The van der Waals surface area contributed by atoms with Gasteiger partial charge in [-0.1, -0.05) is 6.92 Å². The molecular formula is C22H30N4O2S. The van der Waals surface area contributed by atoms with Crippen molar-refractivity contribution >= 4 is 23.2 Å². The second-order valence-electron chi connectivity index (χ2n) is 8.37. The summed E-state index contributed by atoms with van der Waals surface area (Å²) in [6.07, 6.45) is 7.64. The standard InChI is InChI=1S/C22H30N4O2S/c1-4-22(21(28)24-14-18-7-5-15(2)29-18)13-17-6-8-19(22)26(17)20(27)9-11-25-12-10-23-16(25)3/h5,7,10,12,17,19H,4,6,8-9,11,13-14H2,1-3H3,(H,24,28)/t17-,19+,22+/m0/s1. The minimum absolute atomic E-state index is 0.0268. The summed E-state index contributed by atoms with van der Waals surface area (Å²) < 4.78 is 2.01. The van der Waals surface area contributed by atoms with Gasteiger partial charge in [-0.05, 0) is 51.7 Å². The molecule has 1 N–H and O–H groups in total. The molecule has 2 fully saturated rings. The third-order valence-electron chi connectivity index (χ3n) is 6.82. The average molecular weight is 415 g/mol. The summed E-state index contributed by atoms with van der Waals surface area (Å²) in [6, 6.07) is 4.39. The molecule has 3 atom stereocenters. The number of imidazole rings is 1. The lowest BCUT2D eigenvalue weighted by Gasteiger charge is -2.35. The molecule has 2 aliphatic heterocycles. The molecule has 0 radical (unpaired) electrons. The van der Waals surface area contributed by atoms with Crippen molar-refractivity contribution in [3.05, 3.63) is 40.1 Å². The number of nitrogens with zero attached hydrogens (tertiary/aromatic N) is 3. The van der Waals surface area contributed by atoms with Crippen LogP contribution in [0.25, 0.3) is 0 Å². The van der Waals surface area contributed by atoms with Crippen molar-refractivity contribution < 1.29 is 9.59 Å². The Balaban J connectivity index is 1.43. The Hall–Kier alpha value is -2.15. The number of rotatable bonds is 7. The summed E-state index contributed by atoms with van der Waals surface area (Å²) in [6.45, 7) is 7.33. The molecule has 29 heavy (non-hydrogen) atoms. The van der Waals surface area contributed by atoms with Crippen LogP contribution in [0.3, 0.4) is 0 Å². The Labute approximate surface area is 176 Å². The zero-order chi connectivity index (χ0) is 20.6. The minimum atomic E-state index is -0.449. The molecule has 156 valence electrons. The predicted octanol–water partition coefficient (Wildman–Crippen LogP) is 3.43. The fourth-order valence-corrected chi connectivity index (χ4v) is 6.08. The quantitative estimate of drug-likeness (QED) is 0.755. The van der Waals surface area contributed by atoms with Crippen molar-refractivity contribution in [1.82, 2.24) is 19.8 Å². The Bertz CT molecular complexity index is 904. The van der Waals surface area contributed by atoms with E-state index >= 15 is 0 Å². The van der Waals surface area contributed by atoms with E-state index in [2.05, 4.69) is 36.3 Å². The van der Waals surface area contributed by atoms with Crippen molar-refractivity contribution in [2.24, 2.45) is 5.41 Å². The SMILES string of the molecule is CC[C@@]1(C(=O)NCc2ccc(C)s2)C[C@@H]2CC[C@H]1N2C(=O)CCn1ccnc1C. The van der Waals surface area contributed by atoms with E-state index in [1.165, 1.54) is 9.75 Å². The largest absolute Gasteiger partial charge is 0.351 e. The van der Waals surface area contributed by atoms with Gasteiger partial charge in [-0.25, -0.2) is 4.98 Å². The Morgan fingerprint density at radius 1 is 1.31 bits per heavy atom. The number of thiophene rings is 1. The number of amides is 2. The van der Waals surface area contributed by atoms with Crippen LogP contribution < -0.4 is 5.32 Å². The molecule has 0 unspecified atom stereocenters. The van der Waals surface area contributed by atoms with Crippen LogP contribution in [-0.2, 0) is 22.7 Å². The molecule has 7 heteroatoms. The van der Waals surface area contributed by atoms with E-state index in [1.54, 1.807) is 17.5 Å². The van der Waals surface area contributed by atoms with Gasteiger partial charge in [0.2, 0.25) is 11.8 Å². The smallest absolute Gasteiger partial charge is 0.228 e. The average Bonchev–Trinajstić information content (AvgIpc) is 3.48. The number of carbonyl (C=O) groups is 2. The number of hydrogen-bond acceptors (Lipinski definition) is 4. The van der Waals surface area contributed by atoms with Gasteiger partial charge in [0, 0.05) is 47.2 Å². The van der Waals surface area contributed by atoms with Gasteiger partial charge in [0.15, 0.2) is 0 Å². The van der Waals surface area contributed by atoms with Crippen LogP contribution in [0.5, 0.6) is 0 Å². The van der Waals surface area contributed by atoms with E-state index in [0.29, 0.717) is 19.5 Å². The second-order valence-corrected chi connectivity index (χ2v) is 9.75. The number of aromatic nitrogens is 2. The van der Waals surface area contributed by atoms with E-state index in [-0.39, 0.29) is 23.9 Å². The van der Waals surface area contributed by atoms with Gasteiger partial charge in [0.05, 0.1) is 12.0 Å². The van der Waals surface area contributed by atoms with Crippen LogP contribution >= 0.6 is 11.3 Å². The van der Waals surface area contributed by atoms with E-state index in [0.717, 1.165) is 31.5 Å². The van der Waals surface area contributed by atoms with Crippen molar-refractivity contribution in [3.8, 4) is 0 Å². The lowest BCUT2D eigenvalue weighted by Crippen LogP contribution is -2.49. The zero-order valence-electron chi connectivity index (χ0n) is 17.5. The van der Waals surface area contributed by atoms with Crippen molar-refractivity contribution in [2.45, 2.75) is 78.0 Å². The molecule has 0 aromatic carbocycles. The van der Waals surface area contributed by atoms with Gasteiger partial charge in [0.1, 0.15) is 5.82 Å². The molecule has 2 aromatic rings. The molecule has 6 nitrogen and oxygen atoms in total. The fraction of sp³-hybridized carbons (Fsp3) is 0.591. The van der Waals surface area contributed by atoms with Gasteiger partial charge < -0.3 is 14.8 Å². The molecule has 0 aliphatic carbocycles. The maximum atomic E-state index is 13.3. The fourth-order valence-electron chi connectivity index (χ4n) is 5.25. The highest BCUT2D eigenvalue weighted by Crippen LogP contribution is 2.52. The second kappa shape index (κ2) is 7.94. The highest BCUT2D eigenvalue weighted by Gasteiger charge is 2.59. The molecule has 2 aliphatic rings. The van der Waals surface area contributed by atoms with Gasteiger partial charge in [-0.2, -0.15) is 0 Å². The van der Waals surface area contributed by atoms with Crippen LogP contribution in [0.1, 0.15) is 54.6 Å². The minimum Gasteiger partial charge on any atom is -0.351 e. The summed E-state index contributed by atoms with van der Waals surface area (Å²) >= 11 is 1.72. The summed E-state index contributed by atoms with van der Waals surface area (Å²) in [5.41, 5.74) is -0.449. The van der Waals surface area contributed by atoms with E-state index < -0.39 is 5.41 Å². The van der Waals surface area contributed by atoms with Crippen LogP contribution in [0.15, 0.2) is 24.5 Å². The third-order valence-corrected chi connectivity index (χ3v) is 7.82. The normalized spacial score (nSPS) is 25.6. The molecule has 2 aromatic heterocycles. The van der Waals surface area contributed by atoms with Crippen molar-refractivity contribution in [3.63, 3.8) is 0 Å². The van der Waals surface area contributed by atoms with Crippen LogP contribution in [0.2, 0.25) is 0 Å².